The molecule has 1 rings (SSSR count). The van der Waals surface area contributed by atoms with E-state index < -0.39 is 0 Å². The van der Waals surface area contributed by atoms with Gasteiger partial charge in [0, 0.05) is 18.8 Å². The Hall–Kier alpha value is -1.58. The van der Waals surface area contributed by atoms with Crippen molar-refractivity contribution in [3.05, 3.63) is 23.9 Å². The van der Waals surface area contributed by atoms with Gasteiger partial charge in [-0.3, -0.25) is 4.79 Å². The molecule has 0 fully saturated rings. The zero-order valence-electron chi connectivity index (χ0n) is 10.8. The van der Waals surface area contributed by atoms with E-state index in [1.807, 2.05) is 13.0 Å². The van der Waals surface area contributed by atoms with Crippen LogP contribution in [0.3, 0.4) is 0 Å². The second kappa shape index (κ2) is 6.89. The van der Waals surface area contributed by atoms with Crippen LogP contribution in [0.4, 0.5) is 5.82 Å². The molecule has 0 saturated heterocycles. The zero-order chi connectivity index (χ0) is 12.7. The molecule has 1 aromatic heterocycles. The van der Waals surface area contributed by atoms with Crippen molar-refractivity contribution in [3.8, 4) is 0 Å². The van der Waals surface area contributed by atoms with Gasteiger partial charge in [-0.25, -0.2) is 4.98 Å². The predicted molar refractivity (Wildman–Crippen MR) is 70.2 cm³/mol. The minimum absolute atomic E-state index is 0.0470. The summed E-state index contributed by atoms with van der Waals surface area (Å²) in [5.41, 5.74) is 0.610. The number of aromatic nitrogens is 1. The molecule has 0 aliphatic rings. The maximum atomic E-state index is 11.9. The van der Waals surface area contributed by atoms with Crippen LogP contribution in [0.2, 0.25) is 0 Å². The highest BCUT2D eigenvalue weighted by molar-refractivity contribution is 5.94. The van der Waals surface area contributed by atoms with E-state index in [2.05, 4.69) is 29.5 Å². The molecular weight excluding hydrogens is 214 g/mol. The van der Waals surface area contributed by atoms with Crippen molar-refractivity contribution in [2.45, 2.75) is 39.7 Å². The Kier molecular flexibility index (Phi) is 5.46. The fraction of sp³-hybridized carbons (Fsp3) is 0.538. The summed E-state index contributed by atoms with van der Waals surface area (Å²) < 4.78 is 0. The van der Waals surface area contributed by atoms with Crippen LogP contribution in [0.25, 0.3) is 0 Å². The third kappa shape index (κ3) is 4.06. The SMILES string of the molecule is CCNc1ccc(C(=O)NC(CC)CC)cn1. The van der Waals surface area contributed by atoms with Crippen LogP contribution in [0.1, 0.15) is 44.0 Å². The maximum absolute atomic E-state index is 11.9. The minimum Gasteiger partial charge on any atom is -0.370 e. The molecule has 0 saturated carbocycles. The lowest BCUT2D eigenvalue weighted by atomic mass is 10.1. The molecule has 0 aromatic carbocycles. The third-order valence-electron chi connectivity index (χ3n) is 2.70. The van der Waals surface area contributed by atoms with Crippen LogP contribution >= 0.6 is 0 Å². The summed E-state index contributed by atoms with van der Waals surface area (Å²) in [6.07, 6.45) is 3.51. The van der Waals surface area contributed by atoms with Gasteiger partial charge in [0.25, 0.3) is 5.91 Å². The average molecular weight is 235 g/mol. The molecular formula is C13H21N3O. The van der Waals surface area contributed by atoms with Crippen molar-refractivity contribution in [2.24, 2.45) is 0 Å². The van der Waals surface area contributed by atoms with Gasteiger partial charge >= 0.3 is 0 Å². The molecule has 94 valence electrons. The summed E-state index contributed by atoms with van der Waals surface area (Å²) >= 11 is 0. The van der Waals surface area contributed by atoms with Crippen LogP contribution in [-0.2, 0) is 0 Å². The highest BCUT2D eigenvalue weighted by atomic mass is 16.1. The molecule has 1 aromatic rings. The number of carbonyl (C=O) groups excluding carboxylic acids is 1. The molecule has 0 unspecified atom stereocenters. The Bertz CT molecular complexity index is 344. The van der Waals surface area contributed by atoms with Gasteiger partial charge in [-0.15, -0.1) is 0 Å². The topological polar surface area (TPSA) is 54.0 Å². The number of nitrogens with one attached hydrogen (secondary N) is 2. The average Bonchev–Trinajstić information content (AvgIpc) is 2.37. The number of hydrogen-bond donors (Lipinski definition) is 2. The fourth-order valence-electron chi connectivity index (χ4n) is 1.58. The minimum atomic E-state index is -0.0470. The Balaban J connectivity index is 2.63. The molecule has 1 amide bonds. The van der Waals surface area contributed by atoms with Gasteiger partial charge < -0.3 is 10.6 Å². The van der Waals surface area contributed by atoms with E-state index in [1.54, 1.807) is 12.3 Å². The molecule has 0 aliphatic carbocycles. The first-order valence-electron chi connectivity index (χ1n) is 6.22. The molecule has 0 aliphatic heterocycles. The zero-order valence-corrected chi connectivity index (χ0v) is 10.8. The maximum Gasteiger partial charge on any atom is 0.253 e. The summed E-state index contributed by atoms with van der Waals surface area (Å²) in [4.78, 5) is 16.0. The number of carbonyl (C=O) groups is 1. The second-order valence-electron chi connectivity index (χ2n) is 3.95. The van der Waals surface area contributed by atoms with Crippen LogP contribution in [-0.4, -0.2) is 23.5 Å². The van der Waals surface area contributed by atoms with Crippen LogP contribution in [0.15, 0.2) is 18.3 Å². The lowest BCUT2D eigenvalue weighted by Gasteiger charge is -2.14. The predicted octanol–water partition coefficient (Wildman–Crippen LogP) is 2.43. The molecule has 1 heterocycles. The van der Waals surface area contributed by atoms with Crippen LogP contribution in [0.5, 0.6) is 0 Å². The van der Waals surface area contributed by atoms with Crippen molar-refractivity contribution < 1.29 is 4.79 Å². The largest absolute Gasteiger partial charge is 0.370 e. The van der Waals surface area contributed by atoms with Crippen molar-refractivity contribution in [1.29, 1.82) is 0 Å². The van der Waals surface area contributed by atoms with Gasteiger partial charge in [-0.05, 0) is 31.9 Å². The Morgan fingerprint density at radius 3 is 2.47 bits per heavy atom. The number of rotatable bonds is 6. The monoisotopic (exact) mass is 235 g/mol. The van der Waals surface area contributed by atoms with Gasteiger partial charge in [0.15, 0.2) is 0 Å². The normalized spacial score (nSPS) is 10.4. The second-order valence-corrected chi connectivity index (χ2v) is 3.95. The van der Waals surface area contributed by atoms with Crippen LogP contribution < -0.4 is 10.6 Å². The van der Waals surface area contributed by atoms with E-state index in [-0.39, 0.29) is 11.9 Å². The van der Waals surface area contributed by atoms with E-state index >= 15 is 0 Å². The lowest BCUT2D eigenvalue weighted by Crippen LogP contribution is -2.33. The molecule has 4 nitrogen and oxygen atoms in total. The summed E-state index contributed by atoms with van der Waals surface area (Å²) in [5.74, 6) is 0.751. The molecule has 2 N–H and O–H groups in total. The first kappa shape index (κ1) is 13.5. The Labute approximate surface area is 103 Å². The standard InChI is InChI=1S/C13H21N3O/c1-4-11(5-2)16-13(17)10-7-8-12(14-6-3)15-9-10/h7-9,11H,4-6H2,1-3H3,(H,14,15)(H,16,17). The van der Waals surface area contributed by atoms with Crippen LogP contribution in [0, 0.1) is 0 Å². The molecule has 4 heteroatoms. The number of hydrogen-bond acceptors (Lipinski definition) is 3. The first-order chi connectivity index (χ1) is 8.21. The smallest absolute Gasteiger partial charge is 0.253 e. The number of pyridine rings is 1. The van der Waals surface area contributed by atoms with E-state index in [1.165, 1.54) is 0 Å². The van der Waals surface area contributed by atoms with Gasteiger partial charge in [0.2, 0.25) is 0 Å². The summed E-state index contributed by atoms with van der Waals surface area (Å²) in [6.45, 7) is 6.98. The summed E-state index contributed by atoms with van der Waals surface area (Å²) in [6, 6.07) is 3.87. The van der Waals surface area contributed by atoms with Crippen molar-refractivity contribution in [1.82, 2.24) is 10.3 Å². The highest BCUT2D eigenvalue weighted by Gasteiger charge is 2.10. The van der Waals surface area contributed by atoms with E-state index in [0.717, 1.165) is 25.2 Å². The molecule has 0 atom stereocenters. The highest BCUT2D eigenvalue weighted by Crippen LogP contribution is 2.06. The first-order valence-corrected chi connectivity index (χ1v) is 6.22. The number of nitrogens with zero attached hydrogens (tertiary/aromatic N) is 1. The van der Waals surface area contributed by atoms with E-state index in [9.17, 15) is 4.79 Å². The van der Waals surface area contributed by atoms with E-state index in [0.29, 0.717) is 5.56 Å². The van der Waals surface area contributed by atoms with E-state index in [4.69, 9.17) is 0 Å². The molecule has 0 spiro atoms. The molecule has 17 heavy (non-hydrogen) atoms. The molecule has 0 bridgehead atoms. The Morgan fingerprint density at radius 1 is 1.29 bits per heavy atom. The van der Waals surface area contributed by atoms with Gasteiger partial charge in [-0.1, -0.05) is 13.8 Å². The van der Waals surface area contributed by atoms with Gasteiger partial charge in [0.1, 0.15) is 5.82 Å². The summed E-state index contributed by atoms with van der Waals surface area (Å²) in [5, 5.41) is 6.08. The lowest BCUT2D eigenvalue weighted by molar-refractivity contribution is 0.0934. The fourth-order valence-corrected chi connectivity index (χ4v) is 1.58. The van der Waals surface area contributed by atoms with Gasteiger partial charge in [0.05, 0.1) is 5.56 Å². The van der Waals surface area contributed by atoms with Crippen molar-refractivity contribution >= 4 is 11.7 Å². The van der Waals surface area contributed by atoms with Crippen molar-refractivity contribution in [3.63, 3.8) is 0 Å². The summed E-state index contributed by atoms with van der Waals surface area (Å²) in [7, 11) is 0. The van der Waals surface area contributed by atoms with Crippen molar-refractivity contribution in [2.75, 3.05) is 11.9 Å². The number of anilines is 1. The third-order valence-corrected chi connectivity index (χ3v) is 2.70. The number of amides is 1. The quantitative estimate of drug-likeness (QED) is 0.796. The molecule has 0 radical (unpaired) electrons. The Morgan fingerprint density at radius 2 is 2.00 bits per heavy atom. The van der Waals surface area contributed by atoms with Gasteiger partial charge in [-0.2, -0.15) is 0 Å².